The smallest absolute Gasteiger partial charge is 0.313 e. The van der Waals surface area contributed by atoms with Gasteiger partial charge < -0.3 is 14.6 Å². The summed E-state index contributed by atoms with van der Waals surface area (Å²) in [6, 6.07) is 5.84. The Morgan fingerprint density at radius 1 is 1.41 bits per heavy atom. The summed E-state index contributed by atoms with van der Waals surface area (Å²) in [6.07, 6.45) is 0.616. The lowest BCUT2D eigenvalue weighted by Gasteiger charge is -2.02. The van der Waals surface area contributed by atoms with E-state index in [4.69, 9.17) is 14.6 Å². The van der Waals surface area contributed by atoms with Gasteiger partial charge in [0, 0.05) is 6.92 Å². The Morgan fingerprint density at radius 3 is 2.94 bits per heavy atom. The predicted molar refractivity (Wildman–Crippen MR) is 65.8 cm³/mol. The quantitative estimate of drug-likeness (QED) is 0.816. The van der Waals surface area contributed by atoms with Crippen LogP contribution in [0.25, 0.3) is 0 Å². The van der Waals surface area contributed by atoms with Gasteiger partial charge >= 0.3 is 5.97 Å². The van der Waals surface area contributed by atoms with E-state index >= 15 is 0 Å². The lowest BCUT2D eigenvalue weighted by Crippen LogP contribution is -2.11. The molecule has 0 amide bonds. The Balaban J connectivity index is 1.86. The van der Waals surface area contributed by atoms with Crippen LogP contribution >= 0.6 is 11.8 Å². The molecule has 1 aliphatic heterocycles. The Labute approximate surface area is 104 Å². The van der Waals surface area contributed by atoms with Gasteiger partial charge in [-0.1, -0.05) is 6.07 Å². The largest absolute Gasteiger partial charge is 0.481 e. The van der Waals surface area contributed by atoms with E-state index in [9.17, 15) is 4.79 Å². The van der Waals surface area contributed by atoms with Gasteiger partial charge in [-0.25, -0.2) is 0 Å². The minimum atomic E-state index is -0.769. The van der Waals surface area contributed by atoms with Crippen molar-refractivity contribution < 1.29 is 19.4 Å². The second kappa shape index (κ2) is 5.31. The zero-order chi connectivity index (χ0) is 12.3. The maximum absolute atomic E-state index is 10.3. The normalized spacial score (nSPS) is 17.1. The van der Waals surface area contributed by atoms with E-state index in [0.29, 0.717) is 0 Å². The van der Waals surface area contributed by atoms with Crippen molar-refractivity contribution in [3.63, 3.8) is 0 Å². The number of benzene rings is 1. The Hall–Kier alpha value is -1.36. The SMILES string of the molecule is CC1Oc2ccc(CCSCC(=O)O)cc2O1. The molecule has 1 aliphatic rings. The Bertz CT molecular complexity index is 419. The first-order chi connectivity index (χ1) is 8.15. The fourth-order valence-electron chi connectivity index (χ4n) is 1.63. The third-order valence-corrected chi connectivity index (χ3v) is 3.30. The molecule has 0 fully saturated rings. The highest BCUT2D eigenvalue weighted by Gasteiger charge is 2.19. The van der Waals surface area contributed by atoms with E-state index < -0.39 is 5.97 Å². The first kappa shape index (κ1) is 12.1. The molecule has 0 saturated carbocycles. The fourth-order valence-corrected chi connectivity index (χ4v) is 2.33. The van der Waals surface area contributed by atoms with Crippen molar-refractivity contribution >= 4 is 17.7 Å². The minimum Gasteiger partial charge on any atom is -0.481 e. The Kier molecular flexibility index (Phi) is 3.78. The third kappa shape index (κ3) is 3.30. The summed E-state index contributed by atoms with van der Waals surface area (Å²) in [4.78, 5) is 10.3. The molecule has 1 atom stereocenters. The number of thioether (sulfide) groups is 1. The van der Waals surface area contributed by atoms with Crippen molar-refractivity contribution in [2.45, 2.75) is 19.6 Å². The summed E-state index contributed by atoms with van der Waals surface area (Å²) in [5.74, 6) is 1.73. The van der Waals surface area contributed by atoms with Gasteiger partial charge in [0.05, 0.1) is 5.75 Å². The summed E-state index contributed by atoms with van der Waals surface area (Å²) >= 11 is 1.42. The van der Waals surface area contributed by atoms with Gasteiger partial charge in [-0.05, 0) is 29.9 Å². The molecule has 1 N–H and O–H groups in total. The van der Waals surface area contributed by atoms with Gasteiger partial charge in [0.1, 0.15) is 0 Å². The van der Waals surface area contributed by atoms with Crippen LogP contribution in [0.1, 0.15) is 12.5 Å². The molecule has 92 valence electrons. The van der Waals surface area contributed by atoms with Gasteiger partial charge in [0.2, 0.25) is 6.29 Å². The van der Waals surface area contributed by atoms with Crippen LogP contribution in [-0.2, 0) is 11.2 Å². The summed E-state index contributed by atoms with van der Waals surface area (Å²) in [6.45, 7) is 1.85. The molecule has 1 heterocycles. The summed E-state index contributed by atoms with van der Waals surface area (Å²) in [5.41, 5.74) is 1.14. The topological polar surface area (TPSA) is 55.8 Å². The number of aliphatic carboxylic acids is 1. The van der Waals surface area contributed by atoms with Crippen molar-refractivity contribution in [1.82, 2.24) is 0 Å². The summed E-state index contributed by atoms with van der Waals surface area (Å²) < 4.78 is 10.9. The highest BCUT2D eigenvalue weighted by Crippen LogP contribution is 2.35. The molecule has 0 spiro atoms. The summed E-state index contributed by atoms with van der Waals surface area (Å²) in [7, 11) is 0. The zero-order valence-corrected chi connectivity index (χ0v) is 10.3. The van der Waals surface area contributed by atoms with Gasteiger partial charge in [-0.2, -0.15) is 0 Å². The molecule has 2 rings (SSSR count). The highest BCUT2D eigenvalue weighted by molar-refractivity contribution is 7.99. The number of hydrogen-bond acceptors (Lipinski definition) is 4. The van der Waals surface area contributed by atoms with E-state index in [-0.39, 0.29) is 12.0 Å². The van der Waals surface area contributed by atoms with Crippen LogP contribution in [0.5, 0.6) is 11.5 Å². The van der Waals surface area contributed by atoms with Crippen LogP contribution in [0, 0.1) is 0 Å². The fraction of sp³-hybridized carbons (Fsp3) is 0.417. The number of carbonyl (C=O) groups is 1. The number of ether oxygens (including phenoxy) is 2. The third-order valence-electron chi connectivity index (χ3n) is 2.35. The number of fused-ring (bicyclic) bond motifs is 1. The van der Waals surface area contributed by atoms with E-state index in [0.717, 1.165) is 29.2 Å². The van der Waals surface area contributed by atoms with Gasteiger partial charge in [0.25, 0.3) is 0 Å². The monoisotopic (exact) mass is 254 g/mol. The van der Waals surface area contributed by atoms with Crippen LogP contribution in [0.15, 0.2) is 18.2 Å². The van der Waals surface area contributed by atoms with E-state index in [1.54, 1.807) is 0 Å². The van der Waals surface area contributed by atoms with E-state index in [1.165, 1.54) is 11.8 Å². The molecule has 5 heteroatoms. The molecule has 1 unspecified atom stereocenters. The van der Waals surface area contributed by atoms with Gasteiger partial charge in [-0.3, -0.25) is 4.79 Å². The van der Waals surface area contributed by atoms with Crippen molar-refractivity contribution in [3.8, 4) is 11.5 Å². The average molecular weight is 254 g/mol. The van der Waals surface area contributed by atoms with Crippen molar-refractivity contribution in [2.24, 2.45) is 0 Å². The molecule has 0 bridgehead atoms. The van der Waals surface area contributed by atoms with Crippen LogP contribution in [0.3, 0.4) is 0 Å². The maximum atomic E-state index is 10.3. The van der Waals surface area contributed by atoms with Crippen LogP contribution in [-0.4, -0.2) is 28.9 Å². The van der Waals surface area contributed by atoms with Crippen LogP contribution < -0.4 is 9.47 Å². The number of carboxylic acids is 1. The van der Waals surface area contributed by atoms with Crippen molar-refractivity contribution in [1.29, 1.82) is 0 Å². The zero-order valence-electron chi connectivity index (χ0n) is 9.51. The summed E-state index contributed by atoms with van der Waals surface area (Å²) in [5, 5.41) is 8.51. The Morgan fingerprint density at radius 2 is 2.18 bits per heavy atom. The lowest BCUT2D eigenvalue weighted by molar-refractivity contribution is -0.133. The number of hydrogen-bond donors (Lipinski definition) is 1. The minimum absolute atomic E-state index is 0.154. The first-order valence-corrected chi connectivity index (χ1v) is 6.56. The molecule has 0 saturated heterocycles. The van der Waals surface area contributed by atoms with E-state index in [1.807, 2.05) is 25.1 Å². The molecule has 0 radical (unpaired) electrons. The molecule has 1 aromatic rings. The molecular weight excluding hydrogens is 240 g/mol. The van der Waals surface area contributed by atoms with E-state index in [2.05, 4.69) is 0 Å². The molecular formula is C12H14O4S. The molecule has 0 aromatic heterocycles. The molecule has 17 heavy (non-hydrogen) atoms. The molecule has 4 nitrogen and oxygen atoms in total. The molecule has 0 aliphatic carbocycles. The second-order valence-corrected chi connectivity index (χ2v) is 4.89. The average Bonchev–Trinajstić information content (AvgIpc) is 2.63. The van der Waals surface area contributed by atoms with Crippen molar-refractivity contribution in [3.05, 3.63) is 23.8 Å². The second-order valence-electron chi connectivity index (χ2n) is 3.78. The molecule has 1 aromatic carbocycles. The number of carboxylic acid groups (broad SMARTS) is 1. The van der Waals surface area contributed by atoms with Gasteiger partial charge in [-0.15, -0.1) is 11.8 Å². The van der Waals surface area contributed by atoms with Gasteiger partial charge in [0.15, 0.2) is 11.5 Å². The number of aryl methyl sites for hydroxylation is 1. The standard InChI is InChI=1S/C12H14O4S/c1-8-15-10-3-2-9(6-11(10)16-8)4-5-17-7-12(13)14/h2-3,6,8H,4-5,7H2,1H3,(H,13,14). The van der Waals surface area contributed by atoms with Crippen LogP contribution in [0.2, 0.25) is 0 Å². The maximum Gasteiger partial charge on any atom is 0.313 e. The van der Waals surface area contributed by atoms with Crippen molar-refractivity contribution in [2.75, 3.05) is 11.5 Å². The number of rotatable bonds is 5. The lowest BCUT2D eigenvalue weighted by atomic mass is 10.1. The predicted octanol–water partition coefficient (Wildman–Crippen LogP) is 2.16. The van der Waals surface area contributed by atoms with Crippen LogP contribution in [0.4, 0.5) is 0 Å². The first-order valence-electron chi connectivity index (χ1n) is 5.41. The highest BCUT2D eigenvalue weighted by atomic mass is 32.2.